The molecule has 0 radical (unpaired) electrons. The summed E-state index contributed by atoms with van der Waals surface area (Å²) < 4.78 is 12.7. The topological polar surface area (TPSA) is 38.8 Å². The average molecular weight is 508 g/mol. The Morgan fingerprint density at radius 1 is 0.971 bits per heavy atom. The number of anilines is 1. The quantitative estimate of drug-likeness (QED) is 0.196. The average Bonchev–Trinajstić information content (AvgIpc) is 3.29. The fraction of sp³-hybridized carbons (Fsp3) is 0.345. The number of likely N-dealkylation sites (N-methyl/N-ethyl adjacent to an activating group) is 1. The summed E-state index contributed by atoms with van der Waals surface area (Å²) in [6.45, 7) is 13.4. The predicted molar refractivity (Wildman–Crippen MR) is 152 cm³/mol. The van der Waals surface area contributed by atoms with Gasteiger partial charge in [0.1, 0.15) is 12.4 Å². The molecule has 0 atom stereocenters. The van der Waals surface area contributed by atoms with Gasteiger partial charge in [0.05, 0.1) is 11.5 Å². The van der Waals surface area contributed by atoms with Crippen LogP contribution in [0.4, 0.5) is 5.69 Å². The van der Waals surface area contributed by atoms with Crippen molar-refractivity contribution in [3.63, 3.8) is 0 Å². The molecule has 3 rings (SSSR count). The number of rotatable bonds is 11. The molecule has 0 saturated heterocycles. The van der Waals surface area contributed by atoms with Crippen molar-refractivity contribution in [2.75, 3.05) is 25.1 Å². The van der Waals surface area contributed by atoms with Crippen molar-refractivity contribution in [3.05, 3.63) is 81.5 Å². The van der Waals surface area contributed by atoms with Crippen LogP contribution >= 0.6 is 11.3 Å². The van der Waals surface area contributed by atoms with Crippen LogP contribution in [0.2, 0.25) is 18.1 Å². The Kier molecular flexibility index (Phi) is 9.11. The van der Waals surface area contributed by atoms with Gasteiger partial charge in [-0.2, -0.15) is 0 Å². The van der Waals surface area contributed by atoms with Gasteiger partial charge in [-0.15, -0.1) is 11.3 Å². The Bertz CT molecular complexity index is 1130. The van der Waals surface area contributed by atoms with Crippen molar-refractivity contribution in [3.8, 4) is 5.75 Å². The van der Waals surface area contributed by atoms with Gasteiger partial charge in [-0.05, 0) is 60.1 Å². The van der Waals surface area contributed by atoms with E-state index in [0.717, 1.165) is 45.1 Å². The summed E-state index contributed by atoms with van der Waals surface area (Å²) in [6.07, 6.45) is 4.96. The summed E-state index contributed by atoms with van der Waals surface area (Å²) in [5.41, 5.74) is 3.21. The summed E-state index contributed by atoms with van der Waals surface area (Å²) in [4.78, 5) is 15.0. The van der Waals surface area contributed by atoms with Crippen LogP contribution in [0.25, 0.3) is 12.2 Å². The molecule has 0 N–H and O–H groups in total. The van der Waals surface area contributed by atoms with Crippen molar-refractivity contribution in [1.82, 2.24) is 0 Å². The first kappa shape index (κ1) is 26.9. The van der Waals surface area contributed by atoms with Crippen molar-refractivity contribution in [1.29, 1.82) is 0 Å². The van der Waals surface area contributed by atoms with Crippen LogP contribution in [-0.2, 0) is 11.0 Å². The van der Waals surface area contributed by atoms with Crippen molar-refractivity contribution in [2.24, 2.45) is 0 Å². The molecule has 0 amide bonds. The van der Waals surface area contributed by atoms with E-state index < -0.39 is 8.32 Å². The van der Waals surface area contributed by atoms with E-state index in [1.165, 1.54) is 11.3 Å². The molecule has 0 saturated carbocycles. The lowest BCUT2D eigenvalue weighted by Gasteiger charge is -2.36. The second-order valence-corrected chi connectivity index (χ2v) is 16.2. The molecule has 0 bridgehead atoms. The molecule has 1 heterocycles. The zero-order chi connectivity index (χ0) is 25.5. The number of thiophene rings is 1. The number of aldehydes is 1. The fourth-order valence-electron chi connectivity index (χ4n) is 3.24. The van der Waals surface area contributed by atoms with E-state index >= 15 is 0 Å². The van der Waals surface area contributed by atoms with Gasteiger partial charge < -0.3 is 14.1 Å². The Morgan fingerprint density at radius 2 is 1.69 bits per heavy atom. The highest BCUT2D eigenvalue weighted by molar-refractivity contribution is 7.14. The lowest BCUT2D eigenvalue weighted by molar-refractivity contribution is 0.112. The molecule has 4 nitrogen and oxygen atoms in total. The van der Waals surface area contributed by atoms with Crippen LogP contribution in [0, 0.1) is 0 Å². The van der Waals surface area contributed by atoms with E-state index in [0.29, 0.717) is 13.2 Å². The molecule has 0 spiro atoms. The molecule has 0 aliphatic carbocycles. The van der Waals surface area contributed by atoms with Crippen molar-refractivity contribution < 1.29 is 14.0 Å². The normalized spacial score (nSPS) is 12.2. The standard InChI is InChI=1S/C29H37NO3SSi/c1-29(2,3)35(5,6)33-19-18-30(4)25-14-12-24(13-15-26-16-17-27(21-31)34-26)28(20-25)32-22-23-10-8-7-9-11-23/h7-17,20-21H,18-19,22H2,1-6H3. The van der Waals surface area contributed by atoms with Gasteiger partial charge in [0.2, 0.25) is 0 Å². The fourth-order valence-corrected chi connectivity index (χ4v) is 5.00. The van der Waals surface area contributed by atoms with E-state index in [4.69, 9.17) is 9.16 Å². The number of nitrogens with zero attached hydrogens (tertiary/aromatic N) is 1. The third kappa shape index (κ3) is 7.66. The van der Waals surface area contributed by atoms with Crippen molar-refractivity contribution in [2.45, 2.75) is 45.5 Å². The largest absolute Gasteiger partial charge is 0.488 e. The third-order valence-corrected chi connectivity index (χ3v) is 12.1. The van der Waals surface area contributed by atoms with Gasteiger partial charge in [0.15, 0.2) is 14.6 Å². The van der Waals surface area contributed by atoms with Gasteiger partial charge in [0.25, 0.3) is 0 Å². The molecule has 0 aliphatic rings. The van der Waals surface area contributed by atoms with E-state index in [2.05, 4.69) is 76.1 Å². The van der Waals surface area contributed by atoms with Crippen LogP contribution in [0.5, 0.6) is 5.75 Å². The van der Waals surface area contributed by atoms with Crippen LogP contribution in [-0.4, -0.2) is 34.8 Å². The Hall–Kier alpha value is -2.67. The van der Waals surface area contributed by atoms with Crippen molar-refractivity contribution >= 4 is 43.8 Å². The maximum Gasteiger partial charge on any atom is 0.192 e. The molecule has 0 unspecified atom stereocenters. The van der Waals surface area contributed by atoms with Gasteiger partial charge in [0, 0.05) is 35.8 Å². The number of hydrogen-bond donors (Lipinski definition) is 0. The molecule has 1 aromatic heterocycles. The van der Waals surface area contributed by atoms with Crippen LogP contribution in [0.3, 0.4) is 0 Å². The van der Waals surface area contributed by atoms with E-state index in [1.54, 1.807) is 0 Å². The summed E-state index contributed by atoms with van der Waals surface area (Å²) in [5.74, 6) is 0.826. The molecular weight excluding hydrogens is 470 g/mol. The molecule has 186 valence electrons. The monoisotopic (exact) mass is 507 g/mol. The van der Waals surface area contributed by atoms with E-state index in [1.807, 2.05) is 42.5 Å². The first-order valence-electron chi connectivity index (χ1n) is 12.0. The highest BCUT2D eigenvalue weighted by Crippen LogP contribution is 2.36. The molecule has 0 fully saturated rings. The second-order valence-electron chi connectivity index (χ2n) is 10.2. The minimum absolute atomic E-state index is 0.201. The number of carbonyl (C=O) groups excluding carboxylic acids is 1. The smallest absolute Gasteiger partial charge is 0.192 e. The lowest BCUT2D eigenvalue weighted by atomic mass is 10.1. The highest BCUT2D eigenvalue weighted by atomic mass is 32.1. The number of ether oxygens (including phenoxy) is 1. The van der Waals surface area contributed by atoms with Gasteiger partial charge in [-0.1, -0.05) is 51.1 Å². The SMILES string of the molecule is CN(CCO[Si](C)(C)C(C)(C)C)c1ccc(C=Cc2ccc(C=O)s2)c(OCc2ccccc2)c1. The van der Waals surface area contributed by atoms with Crippen LogP contribution < -0.4 is 9.64 Å². The molecule has 35 heavy (non-hydrogen) atoms. The summed E-state index contributed by atoms with van der Waals surface area (Å²) in [7, 11) is 0.323. The van der Waals surface area contributed by atoms with Gasteiger partial charge in [-0.3, -0.25) is 4.79 Å². The zero-order valence-corrected chi connectivity index (χ0v) is 23.5. The molecule has 2 aromatic carbocycles. The van der Waals surface area contributed by atoms with E-state index in [-0.39, 0.29) is 5.04 Å². The molecule has 0 aliphatic heterocycles. The van der Waals surface area contributed by atoms with Gasteiger partial charge in [-0.25, -0.2) is 0 Å². The van der Waals surface area contributed by atoms with Crippen LogP contribution in [0.1, 0.15) is 46.4 Å². The number of hydrogen-bond acceptors (Lipinski definition) is 5. The minimum Gasteiger partial charge on any atom is -0.488 e. The lowest BCUT2D eigenvalue weighted by Crippen LogP contribution is -2.42. The van der Waals surface area contributed by atoms with E-state index in [9.17, 15) is 4.79 Å². The predicted octanol–water partition coefficient (Wildman–Crippen LogP) is 7.77. The van der Waals surface area contributed by atoms with Crippen LogP contribution in [0.15, 0.2) is 60.7 Å². The Morgan fingerprint density at radius 3 is 2.34 bits per heavy atom. The highest BCUT2D eigenvalue weighted by Gasteiger charge is 2.36. The first-order valence-corrected chi connectivity index (χ1v) is 15.7. The molecule has 6 heteroatoms. The van der Waals surface area contributed by atoms with Gasteiger partial charge >= 0.3 is 0 Å². The number of carbonyl (C=O) groups is 1. The molecular formula is C29H37NO3SSi. The first-order chi connectivity index (χ1) is 16.6. The Balaban J connectivity index is 1.76. The Labute approximate surface area is 215 Å². The third-order valence-electron chi connectivity index (χ3n) is 6.56. The summed E-state index contributed by atoms with van der Waals surface area (Å²) in [6, 6.07) is 20.3. The second kappa shape index (κ2) is 11.8. The summed E-state index contributed by atoms with van der Waals surface area (Å²) in [5, 5.41) is 0.201. The zero-order valence-electron chi connectivity index (χ0n) is 21.7. The summed E-state index contributed by atoms with van der Waals surface area (Å²) >= 11 is 1.47. The minimum atomic E-state index is -1.77. The number of benzene rings is 2. The molecule has 3 aromatic rings. The maximum atomic E-state index is 11.0. The maximum absolute atomic E-state index is 11.0.